The number of anilines is 1. The molecule has 3 aromatic carbocycles. The average molecular weight is 363 g/mol. The van der Waals surface area contributed by atoms with Crippen LogP contribution in [0.2, 0.25) is 0 Å². The van der Waals surface area contributed by atoms with Gasteiger partial charge in [-0.25, -0.2) is 0 Å². The number of para-hydroxylation sites is 4. The van der Waals surface area contributed by atoms with E-state index >= 15 is 0 Å². The quantitative estimate of drug-likeness (QED) is 0.570. The first-order valence-corrected chi connectivity index (χ1v) is 9.05. The first kappa shape index (κ1) is 18.6. The van der Waals surface area contributed by atoms with Crippen molar-refractivity contribution in [1.82, 2.24) is 0 Å². The van der Waals surface area contributed by atoms with Crippen molar-refractivity contribution >= 4 is 5.69 Å². The number of nitrogens with one attached hydrogen (secondary N) is 1. The van der Waals surface area contributed by atoms with Gasteiger partial charge in [-0.2, -0.15) is 0 Å². The summed E-state index contributed by atoms with van der Waals surface area (Å²) in [5.74, 6) is 2.30. The van der Waals surface area contributed by atoms with Gasteiger partial charge in [-0.3, -0.25) is 0 Å². The minimum Gasteiger partial charge on any atom is -0.493 e. The normalized spacial score (nSPS) is 11.5. The van der Waals surface area contributed by atoms with Crippen LogP contribution in [0.1, 0.15) is 12.5 Å². The van der Waals surface area contributed by atoms with Crippen LogP contribution in [-0.4, -0.2) is 19.8 Å². The van der Waals surface area contributed by atoms with Crippen molar-refractivity contribution in [2.75, 3.05) is 19.0 Å². The summed E-state index contributed by atoms with van der Waals surface area (Å²) < 4.78 is 17.3. The van der Waals surface area contributed by atoms with E-state index in [9.17, 15) is 0 Å². The van der Waals surface area contributed by atoms with Crippen LogP contribution in [0.15, 0.2) is 78.9 Å². The molecule has 0 spiro atoms. The molecule has 0 saturated heterocycles. The Labute approximate surface area is 160 Å². The van der Waals surface area contributed by atoms with E-state index in [1.165, 1.54) is 0 Å². The summed E-state index contributed by atoms with van der Waals surface area (Å²) in [5, 5.41) is 3.42. The largest absolute Gasteiger partial charge is 0.493 e. The van der Waals surface area contributed by atoms with Gasteiger partial charge in [0.1, 0.15) is 18.5 Å². The van der Waals surface area contributed by atoms with Crippen LogP contribution in [0.4, 0.5) is 5.69 Å². The van der Waals surface area contributed by atoms with E-state index in [-0.39, 0.29) is 6.10 Å². The zero-order valence-corrected chi connectivity index (χ0v) is 15.7. The number of hydrogen-bond donors (Lipinski definition) is 1. The summed E-state index contributed by atoms with van der Waals surface area (Å²) in [7, 11) is 1.64. The van der Waals surface area contributed by atoms with Crippen molar-refractivity contribution in [1.29, 1.82) is 0 Å². The molecule has 140 valence electrons. The molecule has 1 N–H and O–H groups in total. The second kappa shape index (κ2) is 9.53. The monoisotopic (exact) mass is 363 g/mol. The fraction of sp³-hybridized carbons (Fsp3) is 0.217. The van der Waals surface area contributed by atoms with Crippen LogP contribution in [0.3, 0.4) is 0 Å². The van der Waals surface area contributed by atoms with Gasteiger partial charge in [0.2, 0.25) is 0 Å². The summed E-state index contributed by atoms with van der Waals surface area (Å²) in [6, 6.07) is 25.7. The molecule has 0 radical (unpaired) electrons. The average Bonchev–Trinajstić information content (AvgIpc) is 2.72. The Kier molecular flexibility index (Phi) is 6.58. The lowest BCUT2D eigenvalue weighted by Gasteiger charge is -2.19. The summed E-state index contributed by atoms with van der Waals surface area (Å²) >= 11 is 0. The van der Waals surface area contributed by atoms with Crippen LogP contribution >= 0.6 is 0 Å². The van der Waals surface area contributed by atoms with Gasteiger partial charge in [0.15, 0.2) is 11.5 Å². The van der Waals surface area contributed by atoms with E-state index in [0.717, 1.165) is 28.5 Å². The van der Waals surface area contributed by atoms with Crippen LogP contribution in [0, 0.1) is 0 Å². The van der Waals surface area contributed by atoms with Gasteiger partial charge in [0.25, 0.3) is 0 Å². The Morgan fingerprint density at radius 2 is 1.41 bits per heavy atom. The molecule has 0 heterocycles. The Morgan fingerprint density at radius 3 is 2.15 bits per heavy atom. The van der Waals surface area contributed by atoms with Gasteiger partial charge < -0.3 is 19.5 Å². The first-order valence-electron chi connectivity index (χ1n) is 9.05. The Hall–Kier alpha value is -3.14. The third-order valence-corrected chi connectivity index (χ3v) is 4.10. The Balaban J connectivity index is 1.57. The molecule has 0 aliphatic rings. The molecule has 0 amide bonds. The second-order valence-corrected chi connectivity index (χ2v) is 6.23. The Morgan fingerprint density at radius 1 is 0.778 bits per heavy atom. The van der Waals surface area contributed by atoms with E-state index < -0.39 is 0 Å². The summed E-state index contributed by atoms with van der Waals surface area (Å²) in [5.41, 5.74) is 2.09. The standard InChI is InChI=1S/C23H25NO3/c1-18(27-23-15-9-8-14-22(23)25-2)16-24-20-12-6-7-13-21(20)26-17-19-10-4-3-5-11-19/h3-15,18,24H,16-17H2,1-2H3. The lowest BCUT2D eigenvalue weighted by molar-refractivity contribution is 0.223. The van der Waals surface area contributed by atoms with Crippen molar-refractivity contribution in [3.05, 3.63) is 84.4 Å². The minimum absolute atomic E-state index is 0.0384. The van der Waals surface area contributed by atoms with Crippen LogP contribution in [0.25, 0.3) is 0 Å². The van der Waals surface area contributed by atoms with E-state index in [4.69, 9.17) is 14.2 Å². The van der Waals surface area contributed by atoms with E-state index in [1.54, 1.807) is 7.11 Å². The van der Waals surface area contributed by atoms with Gasteiger partial charge in [-0.05, 0) is 36.8 Å². The van der Waals surface area contributed by atoms with Crippen molar-refractivity contribution in [2.24, 2.45) is 0 Å². The lowest BCUT2D eigenvalue weighted by Crippen LogP contribution is -2.23. The zero-order chi connectivity index (χ0) is 18.9. The highest BCUT2D eigenvalue weighted by Crippen LogP contribution is 2.28. The molecule has 0 aromatic heterocycles. The van der Waals surface area contributed by atoms with Crippen molar-refractivity contribution in [3.8, 4) is 17.2 Å². The van der Waals surface area contributed by atoms with Gasteiger partial charge >= 0.3 is 0 Å². The highest BCUT2D eigenvalue weighted by molar-refractivity contribution is 5.56. The maximum Gasteiger partial charge on any atom is 0.161 e. The smallest absolute Gasteiger partial charge is 0.161 e. The number of rotatable bonds is 9. The van der Waals surface area contributed by atoms with Crippen LogP contribution < -0.4 is 19.5 Å². The zero-order valence-electron chi connectivity index (χ0n) is 15.7. The highest BCUT2D eigenvalue weighted by Gasteiger charge is 2.10. The van der Waals surface area contributed by atoms with Gasteiger partial charge in [-0.1, -0.05) is 54.6 Å². The minimum atomic E-state index is -0.0384. The number of hydrogen-bond acceptors (Lipinski definition) is 4. The molecule has 0 fully saturated rings. The van der Waals surface area contributed by atoms with Crippen LogP contribution in [0.5, 0.6) is 17.2 Å². The van der Waals surface area contributed by atoms with Crippen molar-refractivity contribution in [3.63, 3.8) is 0 Å². The third kappa shape index (κ3) is 5.42. The van der Waals surface area contributed by atoms with E-state index in [1.807, 2.05) is 73.7 Å². The lowest BCUT2D eigenvalue weighted by atomic mass is 10.2. The molecule has 1 atom stereocenters. The van der Waals surface area contributed by atoms with Gasteiger partial charge in [0.05, 0.1) is 19.3 Å². The maximum absolute atomic E-state index is 6.00. The van der Waals surface area contributed by atoms with Crippen molar-refractivity contribution in [2.45, 2.75) is 19.6 Å². The van der Waals surface area contributed by atoms with Gasteiger partial charge in [0, 0.05) is 0 Å². The SMILES string of the molecule is COc1ccccc1OC(C)CNc1ccccc1OCc1ccccc1. The predicted octanol–water partition coefficient (Wildman–Crippen LogP) is 5.15. The molecule has 27 heavy (non-hydrogen) atoms. The van der Waals surface area contributed by atoms with Crippen molar-refractivity contribution < 1.29 is 14.2 Å². The molecule has 0 aliphatic heterocycles. The third-order valence-electron chi connectivity index (χ3n) is 4.10. The fourth-order valence-electron chi connectivity index (χ4n) is 2.70. The van der Waals surface area contributed by atoms with E-state index in [0.29, 0.717) is 13.2 Å². The summed E-state index contributed by atoms with van der Waals surface area (Å²) in [6.45, 7) is 3.20. The first-order chi connectivity index (χ1) is 13.3. The molecule has 1 unspecified atom stereocenters. The van der Waals surface area contributed by atoms with Gasteiger partial charge in [-0.15, -0.1) is 0 Å². The topological polar surface area (TPSA) is 39.7 Å². The molecule has 4 nitrogen and oxygen atoms in total. The second-order valence-electron chi connectivity index (χ2n) is 6.23. The summed E-state index contributed by atoms with van der Waals surface area (Å²) in [4.78, 5) is 0. The maximum atomic E-state index is 6.00. The predicted molar refractivity (Wildman–Crippen MR) is 109 cm³/mol. The fourth-order valence-corrected chi connectivity index (χ4v) is 2.70. The number of benzene rings is 3. The molecule has 0 aliphatic carbocycles. The molecule has 4 heteroatoms. The molecular weight excluding hydrogens is 338 g/mol. The molecular formula is C23H25NO3. The number of ether oxygens (including phenoxy) is 3. The molecule has 0 saturated carbocycles. The molecule has 0 bridgehead atoms. The molecule has 3 aromatic rings. The summed E-state index contributed by atoms with van der Waals surface area (Å²) in [6.07, 6.45) is -0.0384. The number of methoxy groups -OCH3 is 1. The van der Waals surface area contributed by atoms with Crippen LogP contribution in [-0.2, 0) is 6.61 Å². The van der Waals surface area contributed by atoms with E-state index in [2.05, 4.69) is 17.4 Å². The highest BCUT2D eigenvalue weighted by atomic mass is 16.5. The Bertz CT molecular complexity index is 836. The molecule has 3 rings (SSSR count).